The highest BCUT2D eigenvalue weighted by molar-refractivity contribution is 14.1. The molecule has 0 amide bonds. The van der Waals surface area contributed by atoms with Gasteiger partial charge >= 0.3 is 0 Å². The van der Waals surface area contributed by atoms with E-state index in [1.165, 1.54) is 57.8 Å². The lowest BCUT2D eigenvalue weighted by Gasteiger charge is -2.13. The smallest absolute Gasteiger partial charge is 0.00813 e. The van der Waals surface area contributed by atoms with E-state index in [-0.39, 0.29) is 0 Å². The maximum Gasteiger partial charge on any atom is 0.00813 e. The summed E-state index contributed by atoms with van der Waals surface area (Å²) in [5.41, 5.74) is 0. The lowest BCUT2D eigenvalue weighted by Crippen LogP contribution is -2.00. The predicted octanol–water partition coefficient (Wildman–Crippen LogP) is 4.95. The molecule has 0 saturated heterocycles. The van der Waals surface area contributed by atoms with Crippen molar-refractivity contribution in [2.45, 2.75) is 68.6 Å². The number of hydrogen-bond acceptors (Lipinski definition) is 0. The lowest BCUT2D eigenvalue weighted by atomic mass is 9.94. The van der Waals surface area contributed by atoms with E-state index in [0.717, 1.165) is 9.84 Å². The van der Waals surface area contributed by atoms with Crippen LogP contribution in [0.5, 0.6) is 0 Å². The fourth-order valence-corrected chi connectivity index (χ4v) is 2.78. The first-order valence-electron chi connectivity index (χ1n) is 5.93. The zero-order valence-electron chi connectivity index (χ0n) is 8.90. The molecule has 1 heteroatoms. The van der Waals surface area contributed by atoms with Gasteiger partial charge < -0.3 is 0 Å². The molecule has 1 atom stereocenters. The maximum atomic E-state index is 2.54. The van der Waals surface area contributed by atoms with E-state index in [9.17, 15) is 0 Å². The summed E-state index contributed by atoms with van der Waals surface area (Å²) in [6.07, 6.45) is 13.5. The van der Waals surface area contributed by atoms with E-state index in [0.29, 0.717) is 0 Å². The van der Waals surface area contributed by atoms with Gasteiger partial charge in [-0.3, -0.25) is 0 Å². The van der Waals surface area contributed by atoms with Crippen LogP contribution in [0, 0.1) is 5.92 Å². The molecule has 1 fully saturated rings. The highest BCUT2D eigenvalue weighted by Crippen LogP contribution is 2.27. The van der Waals surface area contributed by atoms with Gasteiger partial charge in [0.15, 0.2) is 0 Å². The highest BCUT2D eigenvalue weighted by atomic mass is 127. The second-order valence-electron chi connectivity index (χ2n) is 4.57. The summed E-state index contributed by atoms with van der Waals surface area (Å²) >= 11 is 2.54. The van der Waals surface area contributed by atoms with E-state index >= 15 is 0 Å². The first kappa shape index (κ1) is 11.8. The Morgan fingerprint density at radius 1 is 1.15 bits per heavy atom. The summed E-state index contributed by atoms with van der Waals surface area (Å²) in [5, 5.41) is 0. The summed E-state index contributed by atoms with van der Waals surface area (Å²) in [7, 11) is 0. The Labute approximate surface area is 97.0 Å². The van der Waals surface area contributed by atoms with Crippen molar-refractivity contribution in [1.29, 1.82) is 0 Å². The number of rotatable bonds is 4. The molecule has 1 saturated carbocycles. The van der Waals surface area contributed by atoms with Crippen molar-refractivity contribution in [2.75, 3.05) is 0 Å². The Balaban J connectivity index is 2.05. The Morgan fingerprint density at radius 2 is 1.77 bits per heavy atom. The van der Waals surface area contributed by atoms with Crippen molar-refractivity contribution in [1.82, 2.24) is 0 Å². The average molecular weight is 294 g/mol. The van der Waals surface area contributed by atoms with Gasteiger partial charge in [0.2, 0.25) is 0 Å². The zero-order valence-corrected chi connectivity index (χ0v) is 11.1. The van der Waals surface area contributed by atoms with Gasteiger partial charge in [0.05, 0.1) is 0 Å². The van der Waals surface area contributed by atoms with Crippen molar-refractivity contribution in [3.05, 3.63) is 0 Å². The van der Waals surface area contributed by atoms with E-state index < -0.39 is 0 Å². The molecule has 1 rings (SSSR count). The average Bonchev–Trinajstić information content (AvgIpc) is 2.32. The third-order valence-electron chi connectivity index (χ3n) is 3.19. The molecule has 1 aliphatic rings. The highest BCUT2D eigenvalue weighted by Gasteiger charge is 2.11. The third-order valence-corrected chi connectivity index (χ3v) is 3.81. The molecule has 0 nitrogen and oxygen atoms in total. The summed E-state index contributed by atoms with van der Waals surface area (Å²) in [6, 6.07) is 0. The molecule has 0 N–H and O–H groups in total. The van der Waals surface area contributed by atoms with Crippen LogP contribution >= 0.6 is 22.6 Å². The first-order valence-corrected chi connectivity index (χ1v) is 7.17. The van der Waals surface area contributed by atoms with Crippen LogP contribution < -0.4 is 0 Å². The molecule has 0 aromatic rings. The summed E-state index contributed by atoms with van der Waals surface area (Å²) < 4.78 is 0.878. The van der Waals surface area contributed by atoms with E-state index in [1.54, 1.807) is 0 Å². The molecule has 0 spiro atoms. The van der Waals surface area contributed by atoms with Crippen molar-refractivity contribution >= 4 is 22.6 Å². The van der Waals surface area contributed by atoms with E-state index in [1.807, 2.05) is 0 Å². The number of halogens is 1. The molecular weight excluding hydrogens is 271 g/mol. The zero-order chi connectivity index (χ0) is 9.52. The molecule has 0 aromatic carbocycles. The van der Waals surface area contributed by atoms with E-state index in [4.69, 9.17) is 0 Å². The fourth-order valence-electron chi connectivity index (χ4n) is 2.34. The van der Waals surface area contributed by atoms with E-state index in [2.05, 4.69) is 29.5 Å². The third kappa shape index (κ3) is 5.92. The number of hydrogen-bond donors (Lipinski definition) is 0. The summed E-state index contributed by atoms with van der Waals surface area (Å²) in [4.78, 5) is 0. The minimum atomic E-state index is 0.878. The van der Waals surface area contributed by atoms with Crippen molar-refractivity contribution in [2.24, 2.45) is 5.92 Å². The van der Waals surface area contributed by atoms with Crippen LogP contribution in [0.2, 0.25) is 0 Å². The Kier molecular flexibility index (Phi) is 6.43. The molecule has 0 heterocycles. The van der Waals surface area contributed by atoms with Crippen molar-refractivity contribution in [3.63, 3.8) is 0 Å². The fraction of sp³-hybridized carbons (Fsp3) is 1.00. The minimum absolute atomic E-state index is 0.878. The molecule has 1 aliphatic carbocycles. The van der Waals surface area contributed by atoms with Gasteiger partial charge in [-0.15, -0.1) is 0 Å². The van der Waals surface area contributed by atoms with Crippen LogP contribution in [0.25, 0.3) is 0 Å². The molecule has 13 heavy (non-hydrogen) atoms. The molecule has 78 valence electrons. The quantitative estimate of drug-likeness (QED) is 0.391. The van der Waals surface area contributed by atoms with Crippen LogP contribution in [0.3, 0.4) is 0 Å². The van der Waals surface area contributed by atoms with Crippen LogP contribution in [-0.4, -0.2) is 3.92 Å². The normalized spacial score (nSPS) is 22.6. The Hall–Kier alpha value is 0.730. The first-order chi connectivity index (χ1) is 6.29. The predicted molar refractivity (Wildman–Crippen MR) is 68.5 cm³/mol. The molecule has 1 unspecified atom stereocenters. The van der Waals surface area contributed by atoms with Gasteiger partial charge in [0.1, 0.15) is 0 Å². The molecular formula is C12H23I. The second-order valence-corrected chi connectivity index (χ2v) is 6.70. The van der Waals surface area contributed by atoms with Gasteiger partial charge in [0.25, 0.3) is 0 Å². The van der Waals surface area contributed by atoms with Gasteiger partial charge in [-0.1, -0.05) is 80.9 Å². The van der Waals surface area contributed by atoms with Crippen LogP contribution in [0.15, 0.2) is 0 Å². The van der Waals surface area contributed by atoms with Crippen molar-refractivity contribution < 1.29 is 0 Å². The SMILES string of the molecule is CC(I)CCCC1CCCCCC1. The Bertz CT molecular complexity index is 112. The van der Waals surface area contributed by atoms with Gasteiger partial charge in [0, 0.05) is 3.92 Å². The second kappa shape index (κ2) is 7.08. The topological polar surface area (TPSA) is 0 Å². The standard InChI is InChI=1S/C12H23I/c1-11(13)7-6-10-12-8-4-2-3-5-9-12/h11-12H,2-10H2,1H3. The molecule has 0 aliphatic heterocycles. The molecule has 0 bridgehead atoms. The van der Waals surface area contributed by atoms with Gasteiger partial charge in [-0.2, -0.15) is 0 Å². The maximum absolute atomic E-state index is 2.54. The van der Waals surface area contributed by atoms with Gasteiger partial charge in [-0.25, -0.2) is 0 Å². The summed E-state index contributed by atoms with van der Waals surface area (Å²) in [5.74, 6) is 1.08. The largest absolute Gasteiger partial charge is 0.0829 e. The van der Waals surface area contributed by atoms with Crippen molar-refractivity contribution in [3.8, 4) is 0 Å². The monoisotopic (exact) mass is 294 g/mol. The molecule has 0 aromatic heterocycles. The minimum Gasteiger partial charge on any atom is -0.0829 e. The van der Waals surface area contributed by atoms with Gasteiger partial charge in [-0.05, 0) is 12.3 Å². The lowest BCUT2D eigenvalue weighted by molar-refractivity contribution is 0.411. The number of alkyl halides is 1. The van der Waals surface area contributed by atoms with Crippen LogP contribution in [0.4, 0.5) is 0 Å². The Morgan fingerprint density at radius 3 is 2.31 bits per heavy atom. The molecule has 0 radical (unpaired) electrons. The van der Waals surface area contributed by atoms with Crippen LogP contribution in [0.1, 0.15) is 64.7 Å². The summed E-state index contributed by atoms with van der Waals surface area (Å²) in [6.45, 7) is 2.33. The van der Waals surface area contributed by atoms with Crippen LogP contribution in [-0.2, 0) is 0 Å².